The Morgan fingerprint density at radius 1 is 0.793 bits per heavy atom. The van der Waals surface area contributed by atoms with Gasteiger partial charge in [0.25, 0.3) is 5.91 Å². The van der Waals surface area contributed by atoms with E-state index in [1.807, 2.05) is 42.5 Å². The molecule has 4 rings (SSSR count). The van der Waals surface area contributed by atoms with Crippen LogP contribution >= 0.6 is 0 Å². The fourth-order valence-electron chi connectivity index (χ4n) is 3.94. The molecule has 2 aromatic carbocycles. The molecule has 0 saturated carbocycles. The number of amides is 2. The number of nitrogens with zero attached hydrogens (tertiary/aromatic N) is 3. The Morgan fingerprint density at radius 2 is 1.45 bits per heavy atom. The fraction of sp³-hybridized carbons (Fsp3) is 0.364. The zero-order valence-electron chi connectivity index (χ0n) is 16.4. The zero-order chi connectivity index (χ0) is 20.2. The third-order valence-electron chi connectivity index (χ3n) is 5.62. The second kappa shape index (κ2) is 8.43. The third kappa shape index (κ3) is 4.45. The Bertz CT molecular complexity index is 870. The Labute approximate surface area is 170 Å². The van der Waals surface area contributed by atoms with Crippen LogP contribution in [0, 0.1) is 0 Å². The summed E-state index contributed by atoms with van der Waals surface area (Å²) in [6.07, 6.45) is 1.56. The highest BCUT2D eigenvalue weighted by atomic mass is 16.4. The minimum Gasteiger partial charge on any atom is -0.465 e. The summed E-state index contributed by atoms with van der Waals surface area (Å²) in [6.45, 7) is 4.43. The molecule has 152 valence electrons. The van der Waals surface area contributed by atoms with Crippen molar-refractivity contribution in [2.75, 3.05) is 54.4 Å². The van der Waals surface area contributed by atoms with Gasteiger partial charge in [-0.2, -0.15) is 0 Å². The molecule has 2 fully saturated rings. The molecule has 2 aliphatic rings. The van der Waals surface area contributed by atoms with E-state index in [0.717, 1.165) is 30.2 Å². The summed E-state index contributed by atoms with van der Waals surface area (Å²) in [4.78, 5) is 29.6. The zero-order valence-corrected chi connectivity index (χ0v) is 16.4. The molecule has 2 amide bonds. The lowest BCUT2D eigenvalue weighted by atomic mass is 10.1. The molecular formula is C22H26N4O3. The summed E-state index contributed by atoms with van der Waals surface area (Å²) >= 11 is 0. The summed E-state index contributed by atoms with van der Waals surface area (Å²) < 4.78 is 0. The molecule has 0 aliphatic carbocycles. The Hall–Kier alpha value is -3.22. The monoisotopic (exact) mass is 394 g/mol. The maximum Gasteiger partial charge on any atom is 0.407 e. The summed E-state index contributed by atoms with van der Waals surface area (Å²) in [7, 11) is 0. The number of anilines is 3. The highest BCUT2D eigenvalue weighted by Gasteiger charge is 2.20. The SMILES string of the molecule is O=C(Nc1cccc(N2CCCC2)c1)c1ccc(N2CCN(C(=O)O)CC2)cc1. The first-order chi connectivity index (χ1) is 14.1. The van der Waals surface area contributed by atoms with E-state index >= 15 is 0 Å². The molecule has 2 heterocycles. The standard InChI is InChI=1S/C22H26N4O3/c27-21(23-18-4-3-5-20(16-18)24-10-1-2-11-24)17-6-8-19(9-7-17)25-12-14-26(15-13-25)22(28)29/h3-9,16H,1-2,10-15H2,(H,23,27)(H,28,29). The second-order valence-electron chi connectivity index (χ2n) is 7.50. The van der Waals surface area contributed by atoms with Crippen molar-refractivity contribution in [1.82, 2.24) is 4.90 Å². The average Bonchev–Trinajstić information content (AvgIpc) is 3.29. The van der Waals surface area contributed by atoms with E-state index in [1.54, 1.807) is 0 Å². The number of carbonyl (C=O) groups is 2. The van der Waals surface area contributed by atoms with Crippen molar-refractivity contribution in [3.8, 4) is 0 Å². The molecular weight excluding hydrogens is 368 g/mol. The first-order valence-corrected chi connectivity index (χ1v) is 10.1. The minimum atomic E-state index is -0.870. The van der Waals surface area contributed by atoms with Crippen LogP contribution in [0.4, 0.5) is 21.9 Å². The van der Waals surface area contributed by atoms with Gasteiger partial charge in [0.15, 0.2) is 0 Å². The Kier molecular flexibility index (Phi) is 5.55. The summed E-state index contributed by atoms with van der Waals surface area (Å²) in [5, 5.41) is 12.0. The van der Waals surface area contributed by atoms with Crippen LogP contribution in [-0.4, -0.2) is 61.3 Å². The second-order valence-corrected chi connectivity index (χ2v) is 7.50. The fourth-order valence-corrected chi connectivity index (χ4v) is 3.94. The molecule has 2 aromatic rings. The maximum atomic E-state index is 12.6. The number of hydrogen-bond donors (Lipinski definition) is 2. The van der Waals surface area contributed by atoms with Gasteiger partial charge in [0, 0.05) is 61.9 Å². The molecule has 0 spiro atoms. The van der Waals surface area contributed by atoms with Gasteiger partial charge in [0.05, 0.1) is 0 Å². The highest BCUT2D eigenvalue weighted by molar-refractivity contribution is 6.04. The number of hydrogen-bond acceptors (Lipinski definition) is 4. The van der Waals surface area contributed by atoms with E-state index in [2.05, 4.69) is 21.2 Å². The van der Waals surface area contributed by atoms with Gasteiger partial charge in [0.2, 0.25) is 0 Å². The van der Waals surface area contributed by atoms with Crippen LogP contribution in [0.15, 0.2) is 48.5 Å². The van der Waals surface area contributed by atoms with Gasteiger partial charge < -0.3 is 25.1 Å². The molecule has 7 nitrogen and oxygen atoms in total. The van der Waals surface area contributed by atoms with Crippen LogP contribution in [0.2, 0.25) is 0 Å². The molecule has 2 saturated heterocycles. The first kappa shape index (κ1) is 19.1. The number of carbonyl (C=O) groups excluding carboxylic acids is 1. The van der Waals surface area contributed by atoms with Gasteiger partial charge in [-0.25, -0.2) is 4.79 Å². The molecule has 2 aliphatic heterocycles. The lowest BCUT2D eigenvalue weighted by Gasteiger charge is -2.34. The minimum absolute atomic E-state index is 0.134. The van der Waals surface area contributed by atoms with Crippen molar-refractivity contribution in [3.63, 3.8) is 0 Å². The third-order valence-corrected chi connectivity index (χ3v) is 5.62. The number of carboxylic acid groups (broad SMARTS) is 1. The predicted molar refractivity (Wildman–Crippen MR) is 114 cm³/mol. The molecule has 0 atom stereocenters. The van der Waals surface area contributed by atoms with Crippen molar-refractivity contribution in [3.05, 3.63) is 54.1 Å². The van der Waals surface area contributed by atoms with Crippen molar-refractivity contribution in [2.45, 2.75) is 12.8 Å². The van der Waals surface area contributed by atoms with Gasteiger partial charge in [-0.3, -0.25) is 4.79 Å². The van der Waals surface area contributed by atoms with Gasteiger partial charge >= 0.3 is 6.09 Å². The van der Waals surface area contributed by atoms with Crippen molar-refractivity contribution in [2.24, 2.45) is 0 Å². The average molecular weight is 394 g/mol. The van der Waals surface area contributed by atoms with E-state index in [0.29, 0.717) is 31.7 Å². The van der Waals surface area contributed by atoms with Crippen molar-refractivity contribution in [1.29, 1.82) is 0 Å². The van der Waals surface area contributed by atoms with Crippen LogP contribution in [0.1, 0.15) is 23.2 Å². The Balaban J connectivity index is 1.37. The molecule has 0 unspecified atom stereocenters. The van der Waals surface area contributed by atoms with Crippen LogP contribution in [-0.2, 0) is 0 Å². The normalized spacial score (nSPS) is 16.8. The molecule has 2 N–H and O–H groups in total. The quantitative estimate of drug-likeness (QED) is 0.832. The molecule has 7 heteroatoms. The van der Waals surface area contributed by atoms with E-state index in [4.69, 9.17) is 5.11 Å². The summed E-state index contributed by atoms with van der Waals surface area (Å²) in [5.41, 5.74) is 3.55. The molecule has 0 radical (unpaired) electrons. The number of piperazine rings is 1. The van der Waals surface area contributed by atoms with Crippen molar-refractivity contribution >= 4 is 29.1 Å². The summed E-state index contributed by atoms with van der Waals surface area (Å²) in [5.74, 6) is -0.134. The number of rotatable bonds is 4. The van der Waals surface area contributed by atoms with Gasteiger partial charge in [-0.15, -0.1) is 0 Å². The van der Waals surface area contributed by atoms with E-state index < -0.39 is 6.09 Å². The van der Waals surface area contributed by atoms with Crippen molar-refractivity contribution < 1.29 is 14.7 Å². The van der Waals surface area contributed by atoms with Gasteiger partial charge in [-0.1, -0.05) is 6.07 Å². The summed E-state index contributed by atoms with van der Waals surface area (Å²) in [6, 6.07) is 15.5. The Morgan fingerprint density at radius 3 is 2.10 bits per heavy atom. The topological polar surface area (TPSA) is 76.1 Å². The van der Waals surface area contributed by atoms with Gasteiger partial charge in [0.1, 0.15) is 0 Å². The highest BCUT2D eigenvalue weighted by Crippen LogP contribution is 2.24. The number of nitrogens with one attached hydrogen (secondary N) is 1. The largest absolute Gasteiger partial charge is 0.465 e. The molecule has 0 bridgehead atoms. The van der Waals surface area contributed by atoms with Crippen LogP contribution < -0.4 is 15.1 Å². The molecule has 29 heavy (non-hydrogen) atoms. The van der Waals surface area contributed by atoms with E-state index in [1.165, 1.54) is 17.7 Å². The molecule has 0 aromatic heterocycles. The van der Waals surface area contributed by atoms with Gasteiger partial charge in [-0.05, 0) is 55.3 Å². The number of benzene rings is 2. The first-order valence-electron chi connectivity index (χ1n) is 10.1. The smallest absolute Gasteiger partial charge is 0.407 e. The van der Waals surface area contributed by atoms with E-state index in [-0.39, 0.29) is 5.91 Å². The van der Waals surface area contributed by atoms with E-state index in [9.17, 15) is 9.59 Å². The maximum absolute atomic E-state index is 12.6. The van der Waals surface area contributed by atoms with Crippen LogP contribution in [0.5, 0.6) is 0 Å². The predicted octanol–water partition coefficient (Wildman–Crippen LogP) is 3.34. The lowest BCUT2D eigenvalue weighted by Crippen LogP contribution is -2.48. The van der Waals surface area contributed by atoms with Crippen LogP contribution in [0.3, 0.4) is 0 Å². The van der Waals surface area contributed by atoms with Crippen LogP contribution in [0.25, 0.3) is 0 Å². The lowest BCUT2D eigenvalue weighted by molar-refractivity contribution is 0.102.